The molecule has 140 valence electrons. The van der Waals surface area contributed by atoms with Crippen LogP contribution < -0.4 is 10.5 Å². The van der Waals surface area contributed by atoms with E-state index < -0.39 is 0 Å². The van der Waals surface area contributed by atoms with E-state index in [1.54, 1.807) is 4.90 Å². The van der Waals surface area contributed by atoms with Gasteiger partial charge in [0, 0.05) is 23.4 Å². The first-order chi connectivity index (χ1) is 13.0. The van der Waals surface area contributed by atoms with Gasteiger partial charge < -0.3 is 15.4 Å². The lowest BCUT2D eigenvalue weighted by Crippen LogP contribution is -2.30. The number of carbonyl (C=O) groups excluding carboxylic acids is 1. The minimum atomic E-state index is 0.0404. The number of carbonyl (C=O) groups is 1. The Balaban J connectivity index is 1.73. The van der Waals surface area contributed by atoms with E-state index in [1.165, 1.54) is 11.3 Å². The van der Waals surface area contributed by atoms with Crippen molar-refractivity contribution in [2.24, 2.45) is 5.73 Å². The molecule has 0 radical (unpaired) electrons. The SMILES string of the molecule is CCN(CC)C(=O)c1cccc(COc2ccc3cc(C(=N)N)sc3c2)c1. The van der Waals surface area contributed by atoms with Crippen LogP contribution in [0.15, 0.2) is 48.5 Å². The van der Waals surface area contributed by atoms with Crippen molar-refractivity contribution in [2.45, 2.75) is 20.5 Å². The summed E-state index contributed by atoms with van der Waals surface area (Å²) >= 11 is 1.48. The Labute approximate surface area is 162 Å². The summed E-state index contributed by atoms with van der Waals surface area (Å²) in [5.74, 6) is 0.867. The third-order valence-electron chi connectivity index (χ3n) is 4.39. The van der Waals surface area contributed by atoms with Gasteiger partial charge in [0.05, 0.1) is 4.88 Å². The van der Waals surface area contributed by atoms with Crippen molar-refractivity contribution in [3.8, 4) is 5.75 Å². The molecule has 27 heavy (non-hydrogen) atoms. The summed E-state index contributed by atoms with van der Waals surface area (Å²) in [4.78, 5) is 15.1. The summed E-state index contributed by atoms with van der Waals surface area (Å²) < 4.78 is 6.95. The Morgan fingerprint density at radius 1 is 1.15 bits per heavy atom. The van der Waals surface area contributed by atoms with Gasteiger partial charge in [-0.1, -0.05) is 12.1 Å². The molecule has 0 fully saturated rings. The molecule has 6 heteroatoms. The minimum Gasteiger partial charge on any atom is -0.489 e. The molecule has 5 nitrogen and oxygen atoms in total. The largest absolute Gasteiger partial charge is 0.489 e. The number of benzene rings is 2. The third-order valence-corrected chi connectivity index (χ3v) is 5.52. The van der Waals surface area contributed by atoms with E-state index in [-0.39, 0.29) is 11.7 Å². The number of amidine groups is 1. The lowest BCUT2D eigenvalue weighted by Gasteiger charge is -2.19. The molecular formula is C21H23N3O2S. The lowest BCUT2D eigenvalue weighted by atomic mass is 10.1. The average molecular weight is 382 g/mol. The van der Waals surface area contributed by atoms with Crippen LogP contribution in [0.5, 0.6) is 5.75 Å². The van der Waals surface area contributed by atoms with Crippen molar-refractivity contribution in [2.75, 3.05) is 13.1 Å². The van der Waals surface area contributed by atoms with Gasteiger partial charge in [-0.05, 0) is 61.2 Å². The normalized spacial score (nSPS) is 10.7. The van der Waals surface area contributed by atoms with E-state index in [0.29, 0.717) is 25.3 Å². The summed E-state index contributed by atoms with van der Waals surface area (Å²) in [7, 11) is 0. The van der Waals surface area contributed by atoms with Gasteiger partial charge in [-0.2, -0.15) is 0 Å². The molecule has 3 N–H and O–H groups in total. The molecule has 0 bridgehead atoms. The second-order valence-electron chi connectivity index (χ2n) is 6.19. The second kappa shape index (κ2) is 8.22. The first-order valence-electron chi connectivity index (χ1n) is 8.90. The topological polar surface area (TPSA) is 79.4 Å². The van der Waals surface area contributed by atoms with E-state index in [4.69, 9.17) is 15.9 Å². The lowest BCUT2D eigenvalue weighted by molar-refractivity contribution is 0.0773. The van der Waals surface area contributed by atoms with Gasteiger partial charge in [-0.3, -0.25) is 10.2 Å². The molecule has 1 heterocycles. The Morgan fingerprint density at radius 3 is 2.63 bits per heavy atom. The number of ether oxygens (including phenoxy) is 1. The highest BCUT2D eigenvalue weighted by atomic mass is 32.1. The molecule has 0 spiro atoms. The first-order valence-corrected chi connectivity index (χ1v) is 9.72. The second-order valence-corrected chi connectivity index (χ2v) is 7.27. The Morgan fingerprint density at radius 2 is 1.93 bits per heavy atom. The summed E-state index contributed by atoms with van der Waals surface area (Å²) in [5.41, 5.74) is 7.19. The number of rotatable bonds is 7. The number of fused-ring (bicyclic) bond motifs is 1. The maximum atomic E-state index is 12.5. The zero-order valence-corrected chi connectivity index (χ0v) is 16.3. The van der Waals surface area contributed by atoms with Crippen LogP contribution >= 0.6 is 11.3 Å². The zero-order valence-electron chi connectivity index (χ0n) is 15.5. The molecule has 0 aliphatic carbocycles. The fraction of sp³-hybridized carbons (Fsp3) is 0.238. The monoisotopic (exact) mass is 381 g/mol. The number of hydrogen-bond acceptors (Lipinski definition) is 4. The fourth-order valence-electron chi connectivity index (χ4n) is 2.89. The molecule has 2 aromatic carbocycles. The molecule has 0 aliphatic rings. The average Bonchev–Trinajstić information content (AvgIpc) is 3.11. The van der Waals surface area contributed by atoms with Gasteiger partial charge in [0.15, 0.2) is 0 Å². The number of nitrogens with one attached hydrogen (secondary N) is 1. The standard InChI is InChI=1S/C21H23N3O2S/c1-3-24(4-2)21(25)16-7-5-6-14(10-16)13-26-17-9-8-15-11-19(20(22)23)27-18(15)12-17/h5-12H,3-4,13H2,1-2H3,(H3,22,23). The van der Waals surface area contributed by atoms with E-state index in [0.717, 1.165) is 26.3 Å². The fourth-order valence-corrected chi connectivity index (χ4v) is 3.84. The predicted octanol–water partition coefficient (Wildman–Crippen LogP) is 4.25. The van der Waals surface area contributed by atoms with Crippen LogP contribution in [0.3, 0.4) is 0 Å². The smallest absolute Gasteiger partial charge is 0.253 e. The van der Waals surface area contributed by atoms with Gasteiger partial charge in [0.25, 0.3) is 5.91 Å². The Hall–Kier alpha value is -2.86. The summed E-state index contributed by atoms with van der Waals surface area (Å²) in [5, 5.41) is 8.60. The molecule has 1 aromatic heterocycles. The third kappa shape index (κ3) is 4.28. The first kappa shape index (κ1) is 18.9. The summed E-state index contributed by atoms with van der Waals surface area (Å²) in [6.45, 7) is 5.73. The van der Waals surface area contributed by atoms with Gasteiger partial charge in [0.1, 0.15) is 18.2 Å². The zero-order chi connectivity index (χ0) is 19.4. The highest BCUT2D eigenvalue weighted by Gasteiger charge is 2.13. The molecule has 0 saturated carbocycles. The Kier molecular flexibility index (Phi) is 5.76. The van der Waals surface area contributed by atoms with Crippen molar-refractivity contribution < 1.29 is 9.53 Å². The number of nitrogens with zero attached hydrogens (tertiary/aromatic N) is 1. The summed E-state index contributed by atoms with van der Waals surface area (Å²) in [6, 6.07) is 15.3. The number of nitrogens with two attached hydrogens (primary N) is 1. The van der Waals surface area contributed by atoms with Crippen molar-refractivity contribution >= 4 is 33.2 Å². The number of amides is 1. The van der Waals surface area contributed by atoms with Crippen molar-refractivity contribution in [3.63, 3.8) is 0 Å². The molecule has 0 aliphatic heterocycles. The van der Waals surface area contributed by atoms with Crippen LogP contribution in [0.4, 0.5) is 0 Å². The van der Waals surface area contributed by atoms with Crippen molar-refractivity contribution in [1.82, 2.24) is 4.90 Å². The van der Waals surface area contributed by atoms with Crippen LogP contribution in [0, 0.1) is 5.41 Å². The van der Waals surface area contributed by atoms with Crippen LogP contribution in [0.2, 0.25) is 0 Å². The number of nitrogen functional groups attached to an aromatic ring is 1. The maximum absolute atomic E-state index is 12.5. The molecular weight excluding hydrogens is 358 g/mol. The molecule has 3 aromatic rings. The van der Waals surface area contributed by atoms with Gasteiger partial charge in [0.2, 0.25) is 0 Å². The number of hydrogen-bond donors (Lipinski definition) is 2. The van der Waals surface area contributed by atoms with Gasteiger partial charge >= 0.3 is 0 Å². The van der Waals surface area contributed by atoms with Crippen LogP contribution in [-0.2, 0) is 6.61 Å². The quantitative estimate of drug-likeness (QED) is 0.474. The van der Waals surface area contributed by atoms with Crippen molar-refractivity contribution in [3.05, 3.63) is 64.5 Å². The number of thiophene rings is 1. The highest BCUT2D eigenvalue weighted by molar-refractivity contribution is 7.20. The van der Waals surface area contributed by atoms with Gasteiger partial charge in [-0.15, -0.1) is 11.3 Å². The van der Waals surface area contributed by atoms with Crippen LogP contribution in [0.1, 0.15) is 34.6 Å². The van der Waals surface area contributed by atoms with Crippen LogP contribution in [-0.4, -0.2) is 29.7 Å². The molecule has 0 atom stereocenters. The maximum Gasteiger partial charge on any atom is 0.253 e. The van der Waals surface area contributed by atoms with Gasteiger partial charge in [-0.25, -0.2) is 0 Å². The van der Waals surface area contributed by atoms with E-state index >= 15 is 0 Å². The molecule has 3 rings (SSSR count). The molecule has 1 amide bonds. The minimum absolute atomic E-state index is 0.0404. The van der Waals surface area contributed by atoms with E-state index in [9.17, 15) is 4.79 Å². The Bertz CT molecular complexity index is 976. The predicted molar refractivity (Wildman–Crippen MR) is 111 cm³/mol. The summed E-state index contributed by atoms with van der Waals surface area (Å²) in [6.07, 6.45) is 0. The molecule has 0 saturated heterocycles. The van der Waals surface area contributed by atoms with Crippen molar-refractivity contribution in [1.29, 1.82) is 5.41 Å². The van der Waals surface area contributed by atoms with E-state index in [1.807, 2.05) is 62.4 Å². The molecule has 0 unspecified atom stereocenters. The van der Waals surface area contributed by atoms with E-state index in [2.05, 4.69) is 0 Å². The highest BCUT2D eigenvalue weighted by Crippen LogP contribution is 2.29. The van der Waals surface area contributed by atoms with Crippen LogP contribution in [0.25, 0.3) is 10.1 Å².